The predicted octanol–water partition coefficient (Wildman–Crippen LogP) is 12.3. The quantitative estimate of drug-likeness (QED) is 0.117. The molecule has 0 spiro atoms. The van der Waals surface area contributed by atoms with E-state index in [2.05, 4.69) is 120 Å². The van der Waals surface area contributed by atoms with Gasteiger partial charge in [-0.3, -0.25) is 0 Å². The van der Waals surface area contributed by atoms with E-state index in [1.54, 1.807) is 0 Å². The second-order valence-electron chi connectivity index (χ2n) is 13.5. The van der Waals surface area contributed by atoms with Crippen LogP contribution in [0.4, 0.5) is 0 Å². The first-order valence-corrected chi connectivity index (χ1v) is 21.8. The summed E-state index contributed by atoms with van der Waals surface area (Å²) in [5.41, 5.74) is 7.65. The van der Waals surface area contributed by atoms with Gasteiger partial charge in [0.25, 0.3) is 0 Å². The summed E-state index contributed by atoms with van der Waals surface area (Å²) in [4.78, 5) is 0. The Labute approximate surface area is 323 Å². The largest absolute Gasteiger partial charge is 0.380 e. The molecular weight excluding hydrogens is 709 g/mol. The molecule has 266 valence electrons. The summed E-state index contributed by atoms with van der Waals surface area (Å²) in [6.45, 7) is 0. The fraction of sp³-hybridized carbons (Fsp3) is 0.0400. The Morgan fingerprint density at radius 1 is 0.491 bits per heavy atom. The molecule has 55 heavy (non-hydrogen) atoms. The Kier molecular flexibility index (Phi) is 10.8. The first kappa shape index (κ1) is 35.9. The van der Waals surface area contributed by atoms with Crippen molar-refractivity contribution in [2.75, 3.05) is 12.3 Å². The average molecular weight is 749 g/mol. The highest BCUT2D eigenvalue weighted by atomic mass is 31.2. The summed E-state index contributed by atoms with van der Waals surface area (Å²) in [6.07, 6.45) is 13.4. The van der Waals surface area contributed by atoms with E-state index in [0.29, 0.717) is 12.3 Å². The lowest BCUT2D eigenvalue weighted by atomic mass is 9.98. The van der Waals surface area contributed by atoms with Crippen LogP contribution in [0.15, 0.2) is 194 Å². The fourth-order valence-electron chi connectivity index (χ4n) is 7.12. The molecule has 1 aromatic heterocycles. The minimum Gasteiger partial charge on any atom is -0.316 e. The van der Waals surface area contributed by atoms with Gasteiger partial charge in [0, 0.05) is 33.7 Å². The number of aromatic nitrogens is 1. The summed E-state index contributed by atoms with van der Waals surface area (Å²) < 4.78 is 29.7. The molecule has 0 aliphatic carbocycles. The van der Waals surface area contributed by atoms with Crippen LogP contribution in [-0.4, -0.2) is 16.9 Å². The number of hydrogen-bond acceptors (Lipinski definition) is 2. The van der Waals surface area contributed by atoms with Gasteiger partial charge >= 0.3 is 7.80 Å². The number of nitrogens with zero attached hydrogens (tertiary/aromatic N) is 1. The molecule has 1 heterocycles. The molecule has 0 fully saturated rings. The molecule has 8 aromatic rings. The van der Waals surface area contributed by atoms with Crippen molar-refractivity contribution in [2.24, 2.45) is 0 Å². The molecule has 0 bridgehead atoms. The summed E-state index contributed by atoms with van der Waals surface area (Å²) in [5, 5.41) is 5.05. The van der Waals surface area contributed by atoms with E-state index >= 15 is 0 Å². The molecule has 8 rings (SSSR count). The smallest absolute Gasteiger partial charge is 0.316 e. The average Bonchev–Trinajstić information content (AvgIpc) is 3.57. The SMILES string of the molecule is O=[P+](C/C=C/c1cc(/C=C/n2c3ccccc3c3ccccc32)cc(-c2ccc(/C=C/CP(=O)(c3ccccc3)c3ccccc3)cc2)c1)c1ccccc1. The van der Waals surface area contributed by atoms with E-state index in [0.717, 1.165) is 54.8 Å². The van der Waals surface area contributed by atoms with Crippen molar-refractivity contribution in [1.82, 2.24) is 4.57 Å². The van der Waals surface area contributed by atoms with Gasteiger partial charge in [0.05, 0.1) is 11.0 Å². The predicted molar refractivity (Wildman–Crippen MR) is 238 cm³/mol. The summed E-state index contributed by atoms with van der Waals surface area (Å²) in [7, 11) is -4.35. The van der Waals surface area contributed by atoms with Gasteiger partial charge in [-0.25, -0.2) is 0 Å². The van der Waals surface area contributed by atoms with Crippen LogP contribution in [-0.2, 0) is 9.13 Å². The Balaban J connectivity index is 1.09. The van der Waals surface area contributed by atoms with Gasteiger partial charge in [-0.1, -0.05) is 162 Å². The highest BCUT2D eigenvalue weighted by Gasteiger charge is 2.25. The lowest BCUT2D eigenvalue weighted by molar-refractivity contribution is 0.588. The third-order valence-corrected chi connectivity index (χ3v) is 14.3. The molecule has 1 unspecified atom stereocenters. The number of benzene rings is 7. The fourth-order valence-corrected chi connectivity index (χ4v) is 10.6. The van der Waals surface area contributed by atoms with Crippen LogP contribution in [0.25, 0.3) is 57.4 Å². The molecule has 5 heteroatoms. The molecule has 1 atom stereocenters. The van der Waals surface area contributed by atoms with Gasteiger partial charge in [0.15, 0.2) is 11.5 Å². The van der Waals surface area contributed by atoms with Crippen molar-refractivity contribution in [2.45, 2.75) is 0 Å². The molecule has 7 aromatic carbocycles. The standard InChI is InChI=1S/C50H40NO2P2/c52-54(44-18-4-1-5-19-44)34-14-16-40-36-41(32-33-51-49-26-12-10-24-47(49)48-25-11-13-27-50(48)51)38-43(37-40)42-30-28-39(29-31-42)17-15-35-55(53,45-20-6-2-7-21-45)46-22-8-3-9-23-46/h1-33,36-38H,34-35H2/q+1/b16-14+,17-15+,33-32+. The van der Waals surface area contributed by atoms with E-state index in [1.165, 1.54) is 10.8 Å². The maximum atomic E-state index is 14.5. The highest BCUT2D eigenvalue weighted by molar-refractivity contribution is 7.78. The van der Waals surface area contributed by atoms with Crippen LogP contribution < -0.4 is 15.9 Å². The van der Waals surface area contributed by atoms with Crippen molar-refractivity contribution in [3.05, 3.63) is 211 Å². The summed E-state index contributed by atoms with van der Waals surface area (Å²) in [5.74, 6) is 0. The van der Waals surface area contributed by atoms with E-state index < -0.39 is 14.9 Å². The minimum atomic E-state index is -2.84. The number of allylic oxidation sites excluding steroid dienone is 2. The van der Waals surface area contributed by atoms with E-state index in [-0.39, 0.29) is 0 Å². The van der Waals surface area contributed by atoms with Gasteiger partial charge in [-0.05, 0) is 82.4 Å². The van der Waals surface area contributed by atoms with Gasteiger partial charge in [-0.2, -0.15) is 0 Å². The van der Waals surface area contributed by atoms with Crippen LogP contribution in [0.3, 0.4) is 0 Å². The zero-order chi connectivity index (χ0) is 37.5. The summed E-state index contributed by atoms with van der Waals surface area (Å²) >= 11 is 0. The zero-order valence-corrected chi connectivity index (χ0v) is 32.1. The Morgan fingerprint density at radius 3 is 1.60 bits per heavy atom. The molecule has 0 amide bonds. The van der Waals surface area contributed by atoms with Crippen molar-refractivity contribution in [3.8, 4) is 11.1 Å². The Morgan fingerprint density at radius 2 is 1.00 bits per heavy atom. The molecule has 0 N–H and O–H groups in total. The molecule has 0 aliphatic heterocycles. The molecule has 3 nitrogen and oxygen atoms in total. The third kappa shape index (κ3) is 8.06. The second kappa shape index (κ2) is 16.5. The van der Waals surface area contributed by atoms with Crippen molar-refractivity contribution in [3.63, 3.8) is 0 Å². The first-order valence-electron chi connectivity index (χ1n) is 18.5. The van der Waals surface area contributed by atoms with Crippen molar-refractivity contribution in [1.29, 1.82) is 0 Å². The minimum absolute atomic E-state index is 0.439. The highest BCUT2D eigenvalue weighted by Crippen LogP contribution is 2.43. The van der Waals surface area contributed by atoms with Crippen LogP contribution in [0, 0.1) is 0 Å². The topological polar surface area (TPSA) is 39.1 Å². The molecule has 0 radical (unpaired) electrons. The number of hydrogen-bond donors (Lipinski definition) is 0. The summed E-state index contributed by atoms with van der Waals surface area (Å²) in [6, 6.07) is 61.4. The Bertz CT molecular complexity index is 2630. The van der Waals surface area contributed by atoms with E-state index in [1.807, 2.05) is 103 Å². The number of rotatable bonds is 12. The number of para-hydroxylation sites is 2. The van der Waals surface area contributed by atoms with Crippen molar-refractivity contribution >= 4 is 77.1 Å². The maximum Gasteiger partial charge on any atom is 0.380 e. The van der Waals surface area contributed by atoms with Gasteiger partial charge in [-0.15, -0.1) is 0 Å². The normalized spacial score (nSPS) is 12.4. The van der Waals surface area contributed by atoms with Gasteiger partial charge in [0.2, 0.25) is 0 Å². The van der Waals surface area contributed by atoms with Crippen LogP contribution in [0.1, 0.15) is 16.7 Å². The molecular formula is C50H40NO2P2+. The van der Waals surface area contributed by atoms with E-state index in [4.69, 9.17) is 0 Å². The first-order chi connectivity index (χ1) is 27.0. The second-order valence-corrected chi connectivity index (χ2v) is 18.0. The molecule has 0 saturated carbocycles. The monoisotopic (exact) mass is 748 g/mol. The molecule has 0 saturated heterocycles. The van der Waals surface area contributed by atoms with Crippen LogP contribution in [0.5, 0.6) is 0 Å². The molecule has 0 aliphatic rings. The third-order valence-electron chi connectivity index (χ3n) is 9.90. The lowest BCUT2D eigenvalue weighted by Crippen LogP contribution is -2.17. The van der Waals surface area contributed by atoms with Crippen LogP contribution in [0.2, 0.25) is 0 Å². The lowest BCUT2D eigenvalue weighted by Gasteiger charge is -2.17. The van der Waals surface area contributed by atoms with Gasteiger partial charge in [0.1, 0.15) is 7.14 Å². The van der Waals surface area contributed by atoms with Crippen LogP contribution >= 0.6 is 14.9 Å². The van der Waals surface area contributed by atoms with Gasteiger partial charge < -0.3 is 9.13 Å². The number of fused-ring (bicyclic) bond motifs is 3. The zero-order valence-electron chi connectivity index (χ0n) is 30.4. The van der Waals surface area contributed by atoms with Crippen molar-refractivity contribution < 1.29 is 9.13 Å². The Hall–Kier alpha value is -6.11. The van der Waals surface area contributed by atoms with E-state index in [9.17, 15) is 9.13 Å². The maximum absolute atomic E-state index is 14.5.